The Morgan fingerprint density at radius 2 is 2.25 bits per heavy atom. The molecular formula is C13H14N6O. The smallest absolute Gasteiger partial charge is 0.229 e. The van der Waals surface area contributed by atoms with Crippen molar-refractivity contribution in [2.75, 3.05) is 24.2 Å². The molecule has 0 radical (unpaired) electrons. The van der Waals surface area contributed by atoms with E-state index in [4.69, 9.17) is 21.5 Å². The Morgan fingerprint density at radius 1 is 1.40 bits per heavy atom. The van der Waals surface area contributed by atoms with E-state index in [1.165, 1.54) is 6.20 Å². The van der Waals surface area contributed by atoms with Gasteiger partial charge in [0.2, 0.25) is 5.95 Å². The third-order valence-corrected chi connectivity index (χ3v) is 2.42. The van der Waals surface area contributed by atoms with Crippen LogP contribution in [0, 0.1) is 11.3 Å². The number of benzene rings is 1. The molecule has 0 unspecified atom stereocenters. The molecule has 0 aliphatic carbocycles. The number of anilines is 3. The van der Waals surface area contributed by atoms with Gasteiger partial charge in [0.25, 0.3) is 0 Å². The van der Waals surface area contributed by atoms with E-state index in [0.29, 0.717) is 24.8 Å². The number of hydrogen-bond acceptors (Lipinski definition) is 7. The molecule has 20 heavy (non-hydrogen) atoms. The van der Waals surface area contributed by atoms with Crippen molar-refractivity contribution < 1.29 is 4.74 Å². The SMILES string of the molecule is N#Cc1cnc(Nc2cccc(OCCN)c2)nc1N. The summed E-state index contributed by atoms with van der Waals surface area (Å²) in [6.07, 6.45) is 1.37. The van der Waals surface area contributed by atoms with Crippen molar-refractivity contribution in [1.29, 1.82) is 5.26 Å². The van der Waals surface area contributed by atoms with Gasteiger partial charge in [-0.3, -0.25) is 0 Å². The maximum Gasteiger partial charge on any atom is 0.229 e. The number of nitrogens with zero attached hydrogens (tertiary/aromatic N) is 3. The third-order valence-electron chi connectivity index (χ3n) is 2.42. The number of nitrogens with one attached hydrogen (secondary N) is 1. The van der Waals surface area contributed by atoms with Crippen LogP contribution < -0.4 is 21.5 Å². The van der Waals surface area contributed by atoms with Crippen LogP contribution in [0.1, 0.15) is 5.56 Å². The quantitative estimate of drug-likeness (QED) is 0.740. The van der Waals surface area contributed by atoms with Gasteiger partial charge in [0.15, 0.2) is 0 Å². The van der Waals surface area contributed by atoms with Crippen LogP contribution in [0.3, 0.4) is 0 Å². The summed E-state index contributed by atoms with van der Waals surface area (Å²) < 4.78 is 5.42. The third kappa shape index (κ3) is 3.34. The summed E-state index contributed by atoms with van der Waals surface area (Å²) in [4.78, 5) is 8.02. The molecule has 0 aliphatic heterocycles. The molecule has 0 aliphatic rings. The van der Waals surface area contributed by atoms with E-state index in [0.717, 1.165) is 5.69 Å². The van der Waals surface area contributed by atoms with Crippen LogP contribution in [0.4, 0.5) is 17.5 Å². The standard InChI is InChI=1S/C13H14N6O/c14-4-5-20-11-3-1-2-10(6-11)18-13-17-8-9(7-15)12(16)19-13/h1-3,6,8H,4-5,14H2,(H3,16,17,18,19). The van der Waals surface area contributed by atoms with E-state index in [2.05, 4.69) is 15.3 Å². The fourth-order valence-corrected chi connectivity index (χ4v) is 1.51. The number of aromatic nitrogens is 2. The molecule has 0 fully saturated rings. The van der Waals surface area contributed by atoms with E-state index in [-0.39, 0.29) is 11.4 Å². The second-order valence-electron chi connectivity index (χ2n) is 3.89. The summed E-state index contributed by atoms with van der Waals surface area (Å²) in [5, 5.41) is 11.8. The van der Waals surface area contributed by atoms with Crippen LogP contribution in [0.15, 0.2) is 30.5 Å². The zero-order valence-electron chi connectivity index (χ0n) is 10.7. The van der Waals surface area contributed by atoms with E-state index in [9.17, 15) is 0 Å². The van der Waals surface area contributed by atoms with Crippen LogP contribution in [0.5, 0.6) is 5.75 Å². The van der Waals surface area contributed by atoms with Gasteiger partial charge in [-0.2, -0.15) is 10.2 Å². The van der Waals surface area contributed by atoms with Gasteiger partial charge < -0.3 is 21.5 Å². The highest BCUT2D eigenvalue weighted by molar-refractivity contribution is 5.58. The Labute approximate surface area is 116 Å². The molecule has 2 rings (SSSR count). The van der Waals surface area contributed by atoms with Crippen molar-refractivity contribution in [3.63, 3.8) is 0 Å². The Morgan fingerprint density at radius 3 is 2.95 bits per heavy atom. The van der Waals surface area contributed by atoms with Crippen molar-refractivity contribution in [1.82, 2.24) is 9.97 Å². The van der Waals surface area contributed by atoms with E-state index in [1.54, 1.807) is 6.07 Å². The average molecular weight is 270 g/mol. The lowest BCUT2D eigenvalue weighted by atomic mass is 10.3. The lowest BCUT2D eigenvalue weighted by Gasteiger charge is -2.08. The first-order chi connectivity index (χ1) is 9.72. The fourth-order valence-electron chi connectivity index (χ4n) is 1.51. The van der Waals surface area contributed by atoms with Crippen molar-refractivity contribution in [3.05, 3.63) is 36.0 Å². The Balaban J connectivity index is 2.13. The minimum absolute atomic E-state index is 0.139. The van der Waals surface area contributed by atoms with Crippen molar-refractivity contribution in [3.8, 4) is 11.8 Å². The molecule has 102 valence electrons. The van der Waals surface area contributed by atoms with Crippen LogP contribution in [-0.4, -0.2) is 23.1 Å². The van der Waals surface area contributed by atoms with Gasteiger partial charge in [-0.1, -0.05) is 6.07 Å². The Hall–Kier alpha value is -2.85. The van der Waals surface area contributed by atoms with Gasteiger partial charge in [0.1, 0.15) is 29.8 Å². The monoisotopic (exact) mass is 270 g/mol. The highest BCUT2D eigenvalue weighted by Gasteiger charge is 2.04. The molecule has 5 N–H and O–H groups in total. The van der Waals surface area contributed by atoms with E-state index >= 15 is 0 Å². The summed E-state index contributed by atoms with van der Waals surface area (Å²) in [6, 6.07) is 9.21. The Bertz CT molecular complexity index is 637. The second-order valence-corrected chi connectivity index (χ2v) is 3.89. The largest absolute Gasteiger partial charge is 0.492 e. The number of nitrogen functional groups attached to an aromatic ring is 1. The minimum atomic E-state index is 0.139. The van der Waals surface area contributed by atoms with Gasteiger partial charge in [0.05, 0.1) is 6.20 Å². The average Bonchev–Trinajstić information content (AvgIpc) is 2.46. The summed E-state index contributed by atoms with van der Waals surface area (Å²) in [5.41, 5.74) is 12.0. The van der Waals surface area contributed by atoms with E-state index in [1.807, 2.05) is 24.3 Å². The van der Waals surface area contributed by atoms with Crippen molar-refractivity contribution in [2.45, 2.75) is 0 Å². The molecule has 2 aromatic rings. The van der Waals surface area contributed by atoms with Gasteiger partial charge in [-0.25, -0.2) is 4.98 Å². The van der Waals surface area contributed by atoms with Gasteiger partial charge >= 0.3 is 0 Å². The number of nitrogens with two attached hydrogens (primary N) is 2. The van der Waals surface area contributed by atoms with Crippen LogP contribution in [0.2, 0.25) is 0 Å². The molecule has 1 heterocycles. The molecular weight excluding hydrogens is 256 g/mol. The lowest BCUT2D eigenvalue weighted by Crippen LogP contribution is -2.10. The summed E-state index contributed by atoms with van der Waals surface area (Å²) in [5.74, 6) is 1.15. The predicted octanol–water partition coefficient (Wildman–Crippen LogP) is 1.01. The van der Waals surface area contributed by atoms with Gasteiger partial charge in [-0.15, -0.1) is 0 Å². The molecule has 0 bridgehead atoms. The van der Waals surface area contributed by atoms with Crippen molar-refractivity contribution in [2.24, 2.45) is 5.73 Å². The summed E-state index contributed by atoms with van der Waals surface area (Å²) >= 11 is 0. The zero-order valence-corrected chi connectivity index (χ0v) is 10.7. The maximum atomic E-state index is 8.76. The molecule has 0 spiro atoms. The predicted molar refractivity (Wildman–Crippen MR) is 75.4 cm³/mol. The highest BCUT2D eigenvalue weighted by atomic mass is 16.5. The molecule has 1 aromatic heterocycles. The first-order valence-corrected chi connectivity index (χ1v) is 5.95. The number of ether oxygens (including phenoxy) is 1. The molecule has 0 saturated carbocycles. The van der Waals surface area contributed by atoms with Crippen LogP contribution >= 0.6 is 0 Å². The number of rotatable bonds is 5. The molecule has 1 aromatic carbocycles. The highest BCUT2D eigenvalue weighted by Crippen LogP contribution is 2.20. The van der Waals surface area contributed by atoms with Crippen LogP contribution in [-0.2, 0) is 0 Å². The van der Waals surface area contributed by atoms with Crippen LogP contribution in [0.25, 0.3) is 0 Å². The minimum Gasteiger partial charge on any atom is -0.492 e. The molecule has 0 atom stereocenters. The normalized spacial score (nSPS) is 9.80. The fraction of sp³-hybridized carbons (Fsp3) is 0.154. The van der Waals surface area contributed by atoms with Crippen molar-refractivity contribution >= 4 is 17.5 Å². The van der Waals surface area contributed by atoms with Gasteiger partial charge in [0, 0.05) is 18.3 Å². The molecule has 0 saturated heterocycles. The topological polar surface area (TPSA) is 123 Å². The first-order valence-electron chi connectivity index (χ1n) is 5.95. The second kappa shape index (κ2) is 6.36. The molecule has 0 amide bonds. The number of nitriles is 1. The molecule has 7 heteroatoms. The zero-order chi connectivity index (χ0) is 14.4. The van der Waals surface area contributed by atoms with Gasteiger partial charge in [-0.05, 0) is 12.1 Å². The molecule has 7 nitrogen and oxygen atoms in total. The Kier molecular flexibility index (Phi) is 4.32. The lowest BCUT2D eigenvalue weighted by molar-refractivity contribution is 0.328. The summed E-state index contributed by atoms with van der Waals surface area (Å²) in [6.45, 7) is 0.899. The van der Waals surface area contributed by atoms with E-state index < -0.39 is 0 Å². The maximum absolute atomic E-state index is 8.76. The first kappa shape index (κ1) is 13.6. The summed E-state index contributed by atoms with van der Waals surface area (Å²) in [7, 11) is 0. The number of hydrogen-bond donors (Lipinski definition) is 3.